The number of anilines is 1. The first-order valence-corrected chi connectivity index (χ1v) is 10.8. The predicted molar refractivity (Wildman–Crippen MR) is 126 cm³/mol. The van der Waals surface area contributed by atoms with Crippen molar-refractivity contribution in [3.63, 3.8) is 0 Å². The number of allylic oxidation sites excluding steroid dienone is 1. The van der Waals surface area contributed by atoms with Gasteiger partial charge in [-0.25, -0.2) is 9.38 Å². The van der Waals surface area contributed by atoms with Crippen molar-refractivity contribution in [2.45, 2.75) is 58.3 Å². The van der Waals surface area contributed by atoms with Crippen LogP contribution >= 0.6 is 0 Å². The second kappa shape index (κ2) is 12.7. The number of rotatable bonds is 11. The van der Waals surface area contributed by atoms with Crippen LogP contribution in [0.25, 0.3) is 0 Å². The van der Waals surface area contributed by atoms with E-state index >= 15 is 0 Å². The fourth-order valence-electron chi connectivity index (χ4n) is 3.27. The second-order valence-electron chi connectivity index (χ2n) is 7.88. The number of nitrogens with two attached hydrogens (primary N) is 1. The number of carbonyl (C=O) groups is 2. The van der Waals surface area contributed by atoms with Gasteiger partial charge < -0.3 is 15.6 Å². The number of benzene rings is 1. The molecule has 1 unspecified atom stereocenters. The largest absolute Gasteiger partial charge is 0.371 e. The molecule has 1 aromatic carbocycles. The van der Waals surface area contributed by atoms with Crippen LogP contribution in [0.4, 0.5) is 10.1 Å². The van der Waals surface area contributed by atoms with Crippen LogP contribution in [0.2, 0.25) is 0 Å². The number of aliphatic hydroxyl groups is 1. The number of amidine groups is 1. The summed E-state index contributed by atoms with van der Waals surface area (Å²) in [6, 6.07) is 5.64. The third-order valence-corrected chi connectivity index (χ3v) is 4.87. The average molecular weight is 456 g/mol. The van der Waals surface area contributed by atoms with E-state index in [1.807, 2.05) is 13.8 Å². The highest BCUT2D eigenvalue weighted by Crippen LogP contribution is 2.31. The number of ether oxygens (including phenoxy) is 1. The highest BCUT2D eigenvalue weighted by Gasteiger charge is 2.31. The minimum Gasteiger partial charge on any atom is -0.371 e. The predicted octanol–water partition coefficient (Wildman–Crippen LogP) is 3.24. The molecule has 33 heavy (non-hydrogen) atoms. The molecule has 0 fully saturated rings. The van der Waals surface area contributed by atoms with Crippen LogP contribution in [0.15, 0.2) is 52.7 Å². The van der Waals surface area contributed by atoms with Crippen molar-refractivity contribution in [1.82, 2.24) is 0 Å². The lowest BCUT2D eigenvalue weighted by Gasteiger charge is -2.36. The van der Waals surface area contributed by atoms with E-state index in [0.717, 1.165) is 0 Å². The molecule has 0 aliphatic carbocycles. The zero-order valence-electron chi connectivity index (χ0n) is 19.0. The molecule has 1 heterocycles. The van der Waals surface area contributed by atoms with Gasteiger partial charge in [0.1, 0.15) is 18.3 Å². The van der Waals surface area contributed by atoms with Gasteiger partial charge in [0.25, 0.3) is 0 Å². The van der Waals surface area contributed by atoms with Crippen LogP contribution in [0.3, 0.4) is 0 Å². The summed E-state index contributed by atoms with van der Waals surface area (Å²) in [5, 5.41) is 11.1. The molecule has 1 amide bonds. The third-order valence-electron chi connectivity index (χ3n) is 4.87. The number of halogens is 1. The number of aliphatic hydroxyl groups excluding tert-OH is 1. The SMILES string of the molecule is C#CC=C1/C(=C\CC(N)=O)N=C(CCCCC(=O)COC(C)C)N(c2ccc(F)cc2)C1O. The number of hydrogen-bond acceptors (Lipinski definition) is 6. The van der Waals surface area contributed by atoms with E-state index in [1.54, 1.807) is 4.90 Å². The summed E-state index contributed by atoms with van der Waals surface area (Å²) >= 11 is 0. The molecule has 0 saturated heterocycles. The van der Waals surface area contributed by atoms with Gasteiger partial charge in [0.2, 0.25) is 5.91 Å². The highest BCUT2D eigenvalue weighted by molar-refractivity contribution is 6.01. The quantitative estimate of drug-likeness (QED) is 0.394. The number of Topliss-reactive ketones (excluding diaryl/α,β-unsaturated/α-hetero) is 1. The standard InChI is InChI=1S/C25H30FN3O4/c1-4-7-21-22(14-15-23(27)31)28-24(9-6-5-8-20(30)16-33-17(2)3)29(25(21)32)19-12-10-18(26)11-13-19/h1,7,10-14,17,25,32H,5-6,8-9,15-16H2,2-3H3,(H2,27,31)/b21-7?,22-14+. The number of carbonyl (C=O) groups excluding carboxylic acids is 2. The Morgan fingerprint density at radius 1 is 1.33 bits per heavy atom. The summed E-state index contributed by atoms with van der Waals surface area (Å²) in [4.78, 5) is 29.4. The molecule has 0 aromatic heterocycles. The molecule has 1 aliphatic heterocycles. The van der Waals surface area contributed by atoms with E-state index < -0.39 is 18.0 Å². The smallest absolute Gasteiger partial charge is 0.221 e. The van der Waals surface area contributed by atoms with Gasteiger partial charge in [0.05, 0.1) is 11.8 Å². The van der Waals surface area contributed by atoms with Crippen molar-refractivity contribution in [2.75, 3.05) is 11.5 Å². The van der Waals surface area contributed by atoms with Crippen LogP contribution in [-0.2, 0) is 14.3 Å². The molecule has 0 saturated carbocycles. The van der Waals surface area contributed by atoms with E-state index in [4.69, 9.17) is 16.9 Å². The molecule has 176 valence electrons. The zero-order chi connectivity index (χ0) is 24.4. The Balaban J connectivity index is 2.27. The Bertz CT molecular complexity index is 974. The summed E-state index contributed by atoms with van der Waals surface area (Å²) in [6.45, 7) is 3.82. The lowest BCUT2D eigenvalue weighted by atomic mass is 10.0. The fourth-order valence-corrected chi connectivity index (χ4v) is 3.27. The van der Waals surface area contributed by atoms with Gasteiger partial charge in [-0.3, -0.25) is 14.5 Å². The summed E-state index contributed by atoms with van der Waals surface area (Å²) in [7, 11) is 0. The number of ketones is 1. The fraction of sp³-hybridized carbons (Fsp3) is 0.400. The van der Waals surface area contributed by atoms with Crippen molar-refractivity contribution in [1.29, 1.82) is 0 Å². The minimum atomic E-state index is -1.20. The maximum absolute atomic E-state index is 13.5. The van der Waals surface area contributed by atoms with Gasteiger partial charge in [-0.05, 0) is 63.1 Å². The first kappa shape index (κ1) is 26.0. The van der Waals surface area contributed by atoms with Crippen molar-refractivity contribution < 1.29 is 23.8 Å². The maximum Gasteiger partial charge on any atom is 0.221 e. The molecule has 0 bridgehead atoms. The monoisotopic (exact) mass is 455 g/mol. The number of unbranched alkanes of at least 4 members (excludes halogenated alkanes) is 1. The van der Waals surface area contributed by atoms with Crippen molar-refractivity contribution >= 4 is 23.2 Å². The Hall–Kier alpha value is -3.28. The maximum atomic E-state index is 13.5. The first-order chi connectivity index (χ1) is 15.7. The van der Waals surface area contributed by atoms with Crippen LogP contribution < -0.4 is 10.6 Å². The van der Waals surface area contributed by atoms with Gasteiger partial charge in [0, 0.05) is 30.5 Å². The van der Waals surface area contributed by atoms with Crippen LogP contribution in [0.1, 0.15) is 46.0 Å². The molecule has 8 heteroatoms. The number of hydrogen-bond donors (Lipinski definition) is 2. The number of terminal acetylenes is 1. The molecule has 1 aliphatic rings. The Labute approximate surface area is 193 Å². The van der Waals surface area contributed by atoms with Gasteiger partial charge in [-0.2, -0.15) is 0 Å². The van der Waals surface area contributed by atoms with Crippen molar-refractivity contribution in [2.24, 2.45) is 10.7 Å². The third kappa shape index (κ3) is 7.97. The molecule has 1 aromatic rings. The first-order valence-electron chi connectivity index (χ1n) is 10.8. The minimum absolute atomic E-state index is 0.00725. The summed E-state index contributed by atoms with van der Waals surface area (Å²) in [6.07, 6.45) is 9.09. The van der Waals surface area contributed by atoms with Gasteiger partial charge in [0.15, 0.2) is 12.0 Å². The lowest BCUT2D eigenvalue weighted by Crippen LogP contribution is -2.45. The highest BCUT2D eigenvalue weighted by atomic mass is 19.1. The Morgan fingerprint density at radius 2 is 2.03 bits per heavy atom. The molecule has 0 spiro atoms. The normalized spacial score (nSPS) is 18.5. The Kier molecular flexibility index (Phi) is 9.98. The van der Waals surface area contributed by atoms with Gasteiger partial charge >= 0.3 is 0 Å². The second-order valence-corrected chi connectivity index (χ2v) is 7.88. The summed E-state index contributed by atoms with van der Waals surface area (Å²) < 4.78 is 18.8. The van der Waals surface area contributed by atoms with Crippen molar-refractivity contribution in [3.8, 4) is 12.3 Å². The average Bonchev–Trinajstić information content (AvgIpc) is 2.76. The Morgan fingerprint density at radius 3 is 2.64 bits per heavy atom. The number of amides is 1. The molecular formula is C25H30FN3O4. The molecule has 2 rings (SSSR count). The van der Waals surface area contributed by atoms with Crippen LogP contribution in [0, 0.1) is 18.2 Å². The molecule has 0 radical (unpaired) electrons. The van der Waals surface area contributed by atoms with E-state index in [-0.39, 0.29) is 24.9 Å². The lowest BCUT2D eigenvalue weighted by molar-refractivity contribution is -0.125. The topological polar surface area (TPSA) is 105 Å². The van der Waals surface area contributed by atoms with Gasteiger partial charge in [-0.1, -0.05) is 5.92 Å². The zero-order valence-corrected chi connectivity index (χ0v) is 19.0. The number of aliphatic imine (C=N–C) groups is 1. The summed E-state index contributed by atoms with van der Waals surface area (Å²) in [5.74, 6) is 1.95. The molecule has 3 N–H and O–H groups in total. The number of nitrogens with zero attached hydrogens (tertiary/aromatic N) is 2. The number of primary amides is 1. The van der Waals surface area contributed by atoms with E-state index in [0.29, 0.717) is 48.5 Å². The van der Waals surface area contributed by atoms with E-state index in [1.165, 1.54) is 36.4 Å². The molecule has 7 nitrogen and oxygen atoms in total. The van der Waals surface area contributed by atoms with Crippen LogP contribution in [-0.4, -0.2) is 41.6 Å². The van der Waals surface area contributed by atoms with Crippen molar-refractivity contribution in [3.05, 3.63) is 53.5 Å². The van der Waals surface area contributed by atoms with Crippen LogP contribution in [0.5, 0.6) is 0 Å². The molecule has 1 atom stereocenters. The van der Waals surface area contributed by atoms with E-state index in [9.17, 15) is 19.1 Å². The van der Waals surface area contributed by atoms with Gasteiger partial charge in [-0.15, -0.1) is 6.42 Å². The summed E-state index contributed by atoms with van der Waals surface area (Å²) in [5.41, 5.74) is 6.47. The molecular weight excluding hydrogens is 425 g/mol. The van der Waals surface area contributed by atoms with E-state index in [2.05, 4.69) is 10.9 Å².